The summed E-state index contributed by atoms with van der Waals surface area (Å²) in [5.41, 5.74) is 2.01. The topological polar surface area (TPSA) is 157 Å². The van der Waals surface area contributed by atoms with Crippen molar-refractivity contribution in [2.75, 3.05) is 6.61 Å². The molecule has 11 nitrogen and oxygen atoms in total. The normalized spacial score (nSPS) is 24.2. The van der Waals surface area contributed by atoms with E-state index in [0.717, 1.165) is 10.2 Å². The van der Waals surface area contributed by atoms with E-state index in [1.165, 1.54) is 29.4 Å². The summed E-state index contributed by atoms with van der Waals surface area (Å²) in [5.74, 6) is 0. The number of non-ortho nitro benzene ring substituents is 1. The summed E-state index contributed by atoms with van der Waals surface area (Å²) in [7, 11) is 0. The molecule has 3 heterocycles. The van der Waals surface area contributed by atoms with Crippen molar-refractivity contribution in [1.29, 1.82) is 0 Å². The number of fused-ring (bicyclic) bond motifs is 1. The maximum atomic E-state index is 10.8. The molecule has 0 saturated carbocycles. The van der Waals surface area contributed by atoms with E-state index in [2.05, 4.69) is 15.0 Å². The van der Waals surface area contributed by atoms with Gasteiger partial charge in [-0.15, -0.1) is 0 Å². The zero-order valence-corrected chi connectivity index (χ0v) is 16.6. The van der Waals surface area contributed by atoms with Gasteiger partial charge in [0.25, 0.3) is 0 Å². The van der Waals surface area contributed by atoms with Gasteiger partial charge in [0, 0.05) is 0 Å². The van der Waals surface area contributed by atoms with Crippen molar-refractivity contribution < 1.29 is 25.0 Å². The van der Waals surface area contributed by atoms with E-state index in [0.29, 0.717) is 16.5 Å². The molecule has 1 aliphatic heterocycles. The summed E-state index contributed by atoms with van der Waals surface area (Å²) in [4.78, 5) is 23.2. The molecule has 1 unspecified atom stereocenters. The first-order chi connectivity index (χ1) is 14.0. The molecule has 2 aromatic heterocycles. The number of benzene rings is 1. The van der Waals surface area contributed by atoms with Crippen molar-refractivity contribution in [3.63, 3.8) is 0 Å². The molecule has 29 heavy (non-hydrogen) atoms. The number of imidazole rings is 1. The van der Waals surface area contributed by atoms with Crippen molar-refractivity contribution in [3.05, 3.63) is 52.6 Å². The summed E-state index contributed by atoms with van der Waals surface area (Å²) < 4.78 is 7.81. The van der Waals surface area contributed by atoms with Gasteiger partial charge in [0.2, 0.25) is 0 Å². The fourth-order valence-electron chi connectivity index (χ4n) is 3.10. The van der Waals surface area contributed by atoms with Crippen LogP contribution in [0.15, 0.2) is 36.9 Å². The van der Waals surface area contributed by atoms with Crippen LogP contribution in [0.5, 0.6) is 0 Å². The Hall–Kier alpha value is -2.47. The van der Waals surface area contributed by atoms with Gasteiger partial charge in [0.1, 0.15) is 0 Å². The van der Waals surface area contributed by atoms with E-state index in [4.69, 9.17) is 4.74 Å². The molecule has 0 aliphatic carbocycles. The van der Waals surface area contributed by atoms with Crippen LogP contribution in [0.4, 0.5) is 5.69 Å². The number of nitro benzene ring substituents is 1. The zero-order valence-electron chi connectivity index (χ0n) is 14.9. The predicted molar refractivity (Wildman–Crippen MR) is 101 cm³/mol. The third-order valence-electron chi connectivity index (χ3n) is 4.64. The van der Waals surface area contributed by atoms with Crippen LogP contribution in [-0.2, 0) is 10.1 Å². The summed E-state index contributed by atoms with van der Waals surface area (Å²) in [6.45, 7) is -0.417. The predicted octanol–water partition coefficient (Wildman–Crippen LogP) is -1.12. The standard InChI is InChI=1S/C17H17N5O6Se/c23-5-11-13(24)14(25)17(28-11)21-8-20-12-15(21)18-7-19-16(12)29-6-9-1-3-10(4-2-9)22(26)27/h1-4,7-8,11,13-14,17,23-25H,5-6H2/t11-,13-,14-,17?/m1/s1. The molecule has 152 valence electrons. The molecule has 1 saturated heterocycles. The van der Waals surface area contributed by atoms with Crippen LogP contribution in [0.1, 0.15) is 11.8 Å². The summed E-state index contributed by atoms with van der Waals surface area (Å²) in [6, 6.07) is 6.38. The Bertz CT molecular complexity index is 1030. The van der Waals surface area contributed by atoms with Crippen LogP contribution in [0.25, 0.3) is 11.2 Å². The van der Waals surface area contributed by atoms with E-state index in [-0.39, 0.29) is 20.6 Å². The molecular formula is C17H17N5O6Se. The van der Waals surface area contributed by atoms with Gasteiger partial charge in [-0.1, -0.05) is 0 Å². The monoisotopic (exact) mass is 467 g/mol. The van der Waals surface area contributed by atoms with Gasteiger partial charge in [0.05, 0.1) is 0 Å². The summed E-state index contributed by atoms with van der Waals surface area (Å²) in [5, 5.41) is 40.9. The molecule has 1 fully saturated rings. The second-order valence-electron chi connectivity index (χ2n) is 6.44. The van der Waals surface area contributed by atoms with E-state index < -0.39 is 36.1 Å². The van der Waals surface area contributed by atoms with Crippen LogP contribution < -0.4 is 4.59 Å². The fraction of sp³-hybridized carbons (Fsp3) is 0.353. The molecular weight excluding hydrogens is 449 g/mol. The number of nitrogens with zero attached hydrogens (tertiary/aromatic N) is 5. The number of hydrogen-bond acceptors (Lipinski definition) is 9. The maximum absolute atomic E-state index is 10.8. The molecule has 3 aromatic rings. The van der Waals surface area contributed by atoms with E-state index in [1.54, 1.807) is 12.1 Å². The van der Waals surface area contributed by atoms with E-state index >= 15 is 0 Å². The van der Waals surface area contributed by atoms with Crippen LogP contribution >= 0.6 is 0 Å². The van der Waals surface area contributed by atoms with Crippen LogP contribution in [0, 0.1) is 10.1 Å². The van der Waals surface area contributed by atoms with Gasteiger partial charge < -0.3 is 0 Å². The molecule has 3 N–H and O–H groups in total. The van der Waals surface area contributed by atoms with Gasteiger partial charge in [-0.3, -0.25) is 0 Å². The Morgan fingerprint density at radius 3 is 2.59 bits per heavy atom. The first kappa shape index (κ1) is 19.8. The molecule has 1 aliphatic rings. The number of aliphatic hydroxyl groups excluding tert-OH is 3. The Labute approximate surface area is 170 Å². The minimum absolute atomic E-state index is 0.0444. The Morgan fingerprint density at radius 2 is 1.93 bits per heavy atom. The zero-order chi connectivity index (χ0) is 20.5. The molecule has 0 amide bonds. The molecule has 0 spiro atoms. The average Bonchev–Trinajstić information content (AvgIpc) is 3.28. The molecule has 0 radical (unpaired) electrons. The van der Waals surface area contributed by atoms with Crippen molar-refractivity contribution in [3.8, 4) is 0 Å². The average molecular weight is 466 g/mol. The van der Waals surface area contributed by atoms with Crippen molar-refractivity contribution >= 4 is 36.4 Å². The summed E-state index contributed by atoms with van der Waals surface area (Å²) in [6.07, 6.45) is -1.39. The third-order valence-corrected chi connectivity index (χ3v) is 6.84. The summed E-state index contributed by atoms with van der Waals surface area (Å²) >= 11 is -0.112. The quantitative estimate of drug-likeness (QED) is 0.233. The van der Waals surface area contributed by atoms with Gasteiger partial charge in [-0.25, -0.2) is 0 Å². The Morgan fingerprint density at radius 1 is 1.17 bits per heavy atom. The second kappa shape index (κ2) is 8.11. The van der Waals surface area contributed by atoms with Crippen LogP contribution in [0.3, 0.4) is 0 Å². The first-order valence-corrected chi connectivity index (χ1v) is 10.7. The van der Waals surface area contributed by atoms with Crippen molar-refractivity contribution in [1.82, 2.24) is 19.5 Å². The van der Waals surface area contributed by atoms with Crippen LogP contribution in [-0.4, -0.2) is 79.6 Å². The third kappa shape index (κ3) is 3.73. The number of nitro groups is 1. The Kier molecular flexibility index (Phi) is 5.54. The molecule has 1 aromatic carbocycles. The van der Waals surface area contributed by atoms with E-state index in [9.17, 15) is 25.4 Å². The first-order valence-electron chi connectivity index (χ1n) is 8.65. The van der Waals surface area contributed by atoms with Gasteiger partial charge in [-0.2, -0.15) is 0 Å². The molecule has 0 bridgehead atoms. The van der Waals surface area contributed by atoms with Gasteiger partial charge >= 0.3 is 170 Å². The minimum atomic E-state index is -1.23. The number of hydrogen-bond donors (Lipinski definition) is 3. The number of rotatable bonds is 6. The number of ether oxygens (including phenoxy) is 1. The van der Waals surface area contributed by atoms with Crippen LogP contribution in [0.2, 0.25) is 0 Å². The number of aromatic nitrogens is 4. The Balaban J connectivity index is 1.55. The molecule has 4 rings (SSSR count). The SMILES string of the molecule is O=[N+]([O-])c1ccc(C[Se]c2ncnc3c2ncn3C2O[C@H](CO)[C@@H](O)[C@H]2O)cc1. The molecule has 12 heteroatoms. The van der Waals surface area contributed by atoms with Gasteiger partial charge in [-0.05, 0) is 0 Å². The van der Waals surface area contributed by atoms with Gasteiger partial charge in [0.15, 0.2) is 0 Å². The second-order valence-corrected chi connectivity index (χ2v) is 8.47. The van der Waals surface area contributed by atoms with E-state index in [1.807, 2.05) is 0 Å². The fourth-order valence-corrected chi connectivity index (χ4v) is 4.98. The number of aliphatic hydroxyl groups is 3. The van der Waals surface area contributed by atoms with Crippen molar-refractivity contribution in [2.24, 2.45) is 0 Å². The molecule has 4 atom stereocenters. The van der Waals surface area contributed by atoms with Crippen molar-refractivity contribution in [2.45, 2.75) is 29.9 Å².